The van der Waals surface area contributed by atoms with Gasteiger partial charge in [0.05, 0.1) is 6.61 Å². The molecule has 6 heteroatoms. The lowest BCUT2D eigenvalue weighted by atomic mass is 10.0. The number of nitrogens with zero attached hydrogens (tertiary/aromatic N) is 1. The Morgan fingerprint density at radius 2 is 2.00 bits per heavy atom. The molecule has 2 N–H and O–H groups in total. The molecule has 0 aromatic carbocycles. The molecule has 0 aromatic heterocycles. The zero-order valence-corrected chi connectivity index (χ0v) is 10.9. The first-order chi connectivity index (χ1) is 7.82. The fraction of sp³-hybridized carbons (Fsp3) is 0.818. The van der Waals surface area contributed by atoms with Crippen LogP contribution in [-0.2, 0) is 9.53 Å². The Hall–Kier alpha value is -1.30. The average molecular weight is 246 g/mol. The van der Waals surface area contributed by atoms with Crippen LogP contribution in [0.2, 0.25) is 0 Å². The summed E-state index contributed by atoms with van der Waals surface area (Å²) in [7, 11) is 1.51. The van der Waals surface area contributed by atoms with Crippen molar-refractivity contribution in [1.82, 2.24) is 10.2 Å². The van der Waals surface area contributed by atoms with Crippen LogP contribution in [0.25, 0.3) is 0 Å². The first-order valence-electron chi connectivity index (χ1n) is 5.60. The van der Waals surface area contributed by atoms with E-state index in [1.165, 1.54) is 12.0 Å². The second-order valence-electron chi connectivity index (χ2n) is 4.48. The third-order valence-electron chi connectivity index (χ3n) is 2.51. The highest BCUT2D eigenvalue weighted by atomic mass is 16.5. The Bertz CT molecular complexity index is 266. The van der Waals surface area contributed by atoms with E-state index in [0.717, 1.165) is 6.42 Å². The third-order valence-corrected chi connectivity index (χ3v) is 2.51. The predicted molar refractivity (Wildman–Crippen MR) is 64.0 cm³/mol. The van der Waals surface area contributed by atoms with Crippen molar-refractivity contribution in [2.24, 2.45) is 0 Å². The molecule has 0 aliphatic rings. The maximum atomic E-state index is 11.9. The lowest BCUT2D eigenvalue weighted by molar-refractivity contribution is -0.137. The monoisotopic (exact) mass is 246 g/mol. The van der Waals surface area contributed by atoms with Crippen LogP contribution in [0.1, 0.15) is 27.2 Å². The van der Waals surface area contributed by atoms with Gasteiger partial charge in [0.2, 0.25) is 0 Å². The van der Waals surface area contributed by atoms with Crippen LogP contribution in [-0.4, -0.2) is 54.4 Å². The zero-order valence-electron chi connectivity index (χ0n) is 10.9. The Balaban J connectivity index is 4.46. The van der Waals surface area contributed by atoms with E-state index in [2.05, 4.69) is 5.32 Å². The molecule has 0 bridgehead atoms. The van der Waals surface area contributed by atoms with Gasteiger partial charge in [-0.1, -0.05) is 6.92 Å². The molecule has 6 nitrogen and oxygen atoms in total. The van der Waals surface area contributed by atoms with Gasteiger partial charge in [-0.05, 0) is 20.3 Å². The van der Waals surface area contributed by atoms with Gasteiger partial charge in [0.25, 0.3) is 0 Å². The van der Waals surface area contributed by atoms with E-state index in [9.17, 15) is 9.59 Å². The van der Waals surface area contributed by atoms with Gasteiger partial charge >= 0.3 is 12.0 Å². The van der Waals surface area contributed by atoms with E-state index in [-0.39, 0.29) is 24.7 Å². The summed E-state index contributed by atoms with van der Waals surface area (Å²) >= 11 is 0. The number of hydrogen-bond acceptors (Lipinski definition) is 3. The summed E-state index contributed by atoms with van der Waals surface area (Å²) < 4.78 is 4.85. The molecule has 0 rings (SSSR count). The largest absolute Gasteiger partial charge is 0.480 e. The number of ether oxygens (including phenoxy) is 1. The van der Waals surface area contributed by atoms with E-state index in [1.54, 1.807) is 0 Å². The van der Waals surface area contributed by atoms with Crippen LogP contribution in [0.3, 0.4) is 0 Å². The number of rotatable bonds is 7. The minimum atomic E-state index is -1.04. The van der Waals surface area contributed by atoms with Gasteiger partial charge in [-0.15, -0.1) is 0 Å². The van der Waals surface area contributed by atoms with Crippen LogP contribution in [0.15, 0.2) is 0 Å². The fourth-order valence-corrected chi connectivity index (χ4v) is 1.07. The third kappa shape index (κ3) is 6.78. The Kier molecular flexibility index (Phi) is 6.57. The molecule has 0 unspecified atom stereocenters. The summed E-state index contributed by atoms with van der Waals surface area (Å²) in [4.78, 5) is 23.7. The summed E-state index contributed by atoms with van der Waals surface area (Å²) in [6.07, 6.45) is 0.768. The normalized spacial score (nSPS) is 11.1. The maximum absolute atomic E-state index is 11.9. The van der Waals surface area contributed by atoms with Crippen LogP contribution >= 0.6 is 0 Å². The van der Waals surface area contributed by atoms with E-state index in [1.807, 2.05) is 20.8 Å². The van der Waals surface area contributed by atoms with Gasteiger partial charge in [0.15, 0.2) is 0 Å². The highest BCUT2D eigenvalue weighted by molar-refractivity contribution is 5.80. The number of carbonyl (C=O) groups excluding carboxylic acids is 1. The number of methoxy groups -OCH3 is 1. The van der Waals surface area contributed by atoms with Crippen LogP contribution in [0.4, 0.5) is 4.79 Å². The number of carboxylic acids is 1. The van der Waals surface area contributed by atoms with Gasteiger partial charge in [-0.2, -0.15) is 0 Å². The zero-order chi connectivity index (χ0) is 13.5. The lowest BCUT2D eigenvalue weighted by Gasteiger charge is -2.29. The summed E-state index contributed by atoms with van der Waals surface area (Å²) in [6.45, 7) is 5.98. The Labute approximate surface area is 102 Å². The fourth-order valence-electron chi connectivity index (χ4n) is 1.07. The predicted octanol–water partition coefficient (Wildman–Crippen LogP) is 0.918. The van der Waals surface area contributed by atoms with E-state index in [0.29, 0.717) is 6.61 Å². The molecule has 0 aliphatic carbocycles. The summed E-state index contributed by atoms with van der Waals surface area (Å²) in [5.74, 6) is -1.04. The molecule has 100 valence electrons. The van der Waals surface area contributed by atoms with E-state index < -0.39 is 5.97 Å². The van der Waals surface area contributed by atoms with Crippen molar-refractivity contribution in [1.29, 1.82) is 0 Å². The molecule has 17 heavy (non-hydrogen) atoms. The standard InChI is InChI=1S/C11H22N2O4/c1-5-11(2,3)12-10(16)13(6-7-17-4)8-9(14)15/h5-8H2,1-4H3,(H,12,16)(H,14,15). The number of amides is 2. The number of carbonyl (C=O) groups is 2. The van der Waals surface area contributed by atoms with E-state index >= 15 is 0 Å². The first-order valence-corrected chi connectivity index (χ1v) is 5.60. The van der Waals surface area contributed by atoms with Gasteiger partial charge in [0.1, 0.15) is 6.54 Å². The highest BCUT2D eigenvalue weighted by Gasteiger charge is 2.23. The van der Waals surface area contributed by atoms with Crippen LogP contribution in [0.5, 0.6) is 0 Å². The Morgan fingerprint density at radius 1 is 1.41 bits per heavy atom. The highest BCUT2D eigenvalue weighted by Crippen LogP contribution is 2.07. The van der Waals surface area contributed by atoms with Gasteiger partial charge in [0, 0.05) is 19.2 Å². The summed E-state index contributed by atoms with van der Waals surface area (Å²) in [5, 5.41) is 11.5. The second-order valence-corrected chi connectivity index (χ2v) is 4.48. The van der Waals surface area contributed by atoms with Gasteiger partial charge in [-0.3, -0.25) is 4.79 Å². The number of urea groups is 1. The van der Waals surface area contributed by atoms with Crippen molar-refractivity contribution >= 4 is 12.0 Å². The molecule has 0 atom stereocenters. The van der Waals surface area contributed by atoms with Crippen molar-refractivity contribution in [3.8, 4) is 0 Å². The molecule has 0 fully saturated rings. The molecule has 0 spiro atoms. The number of nitrogens with one attached hydrogen (secondary N) is 1. The van der Waals surface area contributed by atoms with Crippen molar-refractivity contribution in [2.45, 2.75) is 32.7 Å². The Morgan fingerprint density at radius 3 is 2.41 bits per heavy atom. The number of hydrogen-bond donors (Lipinski definition) is 2. The molecule has 0 aromatic rings. The van der Waals surface area contributed by atoms with E-state index in [4.69, 9.17) is 9.84 Å². The molecular weight excluding hydrogens is 224 g/mol. The van der Waals surface area contributed by atoms with Crippen LogP contribution in [0, 0.1) is 0 Å². The van der Waals surface area contributed by atoms with Gasteiger partial charge < -0.3 is 20.1 Å². The molecule has 0 saturated carbocycles. The quantitative estimate of drug-likeness (QED) is 0.700. The molecule has 2 amide bonds. The SMILES string of the molecule is CCC(C)(C)NC(=O)N(CCOC)CC(=O)O. The molecule has 0 saturated heterocycles. The average Bonchev–Trinajstić information content (AvgIpc) is 2.23. The minimum Gasteiger partial charge on any atom is -0.480 e. The maximum Gasteiger partial charge on any atom is 0.323 e. The first kappa shape index (κ1) is 15.7. The topological polar surface area (TPSA) is 78.9 Å². The minimum absolute atomic E-state index is 0.258. The summed E-state index contributed by atoms with van der Waals surface area (Å²) in [5.41, 5.74) is -0.346. The number of carboxylic acid groups (broad SMARTS) is 1. The van der Waals surface area contributed by atoms with Crippen LogP contribution < -0.4 is 5.32 Å². The van der Waals surface area contributed by atoms with Crippen molar-refractivity contribution in [3.63, 3.8) is 0 Å². The molecule has 0 aliphatic heterocycles. The van der Waals surface area contributed by atoms with Crippen molar-refractivity contribution < 1.29 is 19.4 Å². The van der Waals surface area contributed by atoms with Gasteiger partial charge in [-0.25, -0.2) is 4.79 Å². The summed E-state index contributed by atoms with van der Waals surface area (Å²) in [6, 6.07) is -0.378. The molecule has 0 radical (unpaired) electrons. The van der Waals surface area contributed by atoms with Crippen molar-refractivity contribution in [3.05, 3.63) is 0 Å². The molecule has 0 heterocycles. The molecular formula is C11H22N2O4. The number of aliphatic carboxylic acids is 1. The smallest absolute Gasteiger partial charge is 0.323 e. The lowest BCUT2D eigenvalue weighted by Crippen LogP contribution is -2.51. The second kappa shape index (κ2) is 7.11. The van der Waals surface area contributed by atoms with Crippen molar-refractivity contribution in [2.75, 3.05) is 26.8 Å².